The van der Waals surface area contributed by atoms with Crippen LogP contribution in [-0.2, 0) is 9.53 Å². The van der Waals surface area contributed by atoms with Crippen LogP contribution in [0.2, 0.25) is 0 Å². The van der Waals surface area contributed by atoms with E-state index in [0.717, 1.165) is 0 Å². The van der Waals surface area contributed by atoms with Crippen LogP contribution in [0.4, 0.5) is 23.1 Å². The first kappa shape index (κ1) is 19.3. The molecule has 0 bridgehead atoms. The molecule has 1 aromatic carbocycles. The number of ether oxygens (including phenoxy) is 1. The molecule has 1 amide bonds. The highest BCUT2D eigenvalue weighted by atomic mass is 16.6. The molecular formula is C17H22N8O3. The maximum atomic E-state index is 12.0. The average molecular weight is 386 g/mol. The van der Waals surface area contributed by atoms with Crippen molar-refractivity contribution in [1.82, 2.24) is 20.9 Å². The Hall–Kier alpha value is -3.44. The molecule has 0 aliphatic carbocycles. The van der Waals surface area contributed by atoms with E-state index in [1.54, 1.807) is 50.0 Å². The number of hydrazine groups is 3. The topological polar surface area (TPSA) is 152 Å². The van der Waals surface area contributed by atoms with Crippen LogP contribution in [-0.4, -0.2) is 34.0 Å². The van der Waals surface area contributed by atoms with E-state index in [-0.39, 0.29) is 12.5 Å². The third-order valence-electron chi connectivity index (χ3n) is 3.63. The maximum absolute atomic E-state index is 12.0. The molecule has 2 heterocycles. The fourth-order valence-corrected chi connectivity index (χ4v) is 2.50. The van der Waals surface area contributed by atoms with Crippen LogP contribution in [0.15, 0.2) is 30.5 Å². The lowest BCUT2D eigenvalue weighted by molar-refractivity contribution is -0.153. The van der Waals surface area contributed by atoms with Crippen molar-refractivity contribution in [1.29, 1.82) is 0 Å². The monoisotopic (exact) mass is 386 g/mol. The molecule has 11 heteroatoms. The van der Waals surface area contributed by atoms with E-state index >= 15 is 0 Å². The Morgan fingerprint density at radius 1 is 1.25 bits per heavy atom. The molecule has 2 aromatic rings. The van der Waals surface area contributed by atoms with Crippen LogP contribution in [0.1, 0.15) is 31.1 Å². The first-order chi connectivity index (χ1) is 13.1. The van der Waals surface area contributed by atoms with Crippen LogP contribution in [0.5, 0.6) is 0 Å². The van der Waals surface area contributed by atoms with Crippen molar-refractivity contribution in [3.05, 3.63) is 36.0 Å². The van der Waals surface area contributed by atoms with Crippen LogP contribution in [0, 0.1) is 0 Å². The first-order valence-electron chi connectivity index (χ1n) is 8.48. The zero-order chi connectivity index (χ0) is 20.5. The Bertz CT molecular complexity index is 894. The van der Waals surface area contributed by atoms with Crippen LogP contribution < -0.4 is 32.6 Å². The molecule has 11 nitrogen and oxygen atoms in total. The number of nitrogens with one attached hydrogen (secondary N) is 2. The number of aromatic nitrogens is 2. The van der Waals surface area contributed by atoms with Gasteiger partial charge in [0.1, 0.15) is 17.8 Å². The summed E-state index contributed by atoms with van der Waals surface area (Å²) in [6.07, 6.45) is 1.52. The summed E-state index contributed by atoms with van der Waals surface area (Å²) in [6.45, 7) is 5.30. The third kappa shape index (κ3) is 4.27. The molecule has 0 radical (unpaired) electrons. The number of carbonyl (C=O) groups excluding carboxylic acids is 2. The summed E-state index contributed by atoms with van der Waals surface area (Å²) < 4.78 is 5.29. The Labute approximate surface area is 161 Å². The molecule has 3 rings (SSSR count). The van der Waals surface area contributed by atoms with Gasteiger partial charge in [0.15, 0.2) is 5.82 Å². The van der Waals surface area contributed by atoms with E-state index in [2.05, 4.69) is 20.9 Å². The van der Waals surface area contributed by atoms with Gasteiger partial charge in [-0.3, -0.25) is 9.59 Å². The molecule has 1 aliphatic heterocycles. The second kappa shape index (κ2) is 7.29. The number of esters is 1. The zero-order valence-corrected chi connectivity index (χ0v) is 15.8. The number of hydrogen-bond donors (Lipinski definition) is 4. The fourth-order valence-electron chi connectivity index (χ4n) is 2.50. The number of amides is 1. The smallest absolute Gasteiger partial charge is 0.322 e. The van der Waals surface area contributed by atoms with Gasteiger partial charge in [0.05, 0.1) is 11.9 Å². The zero-order valence-electron chi connectivity index (χ0n) is 15.8. The molecule has 0 saturated carbocycles. The quantitative estimate of drug-likeness (QED) is 0.531. The second-order valence-electron chi connectivity index (χ2n) is 7.04. The third-order valence-corrected chi connectivity index (χ3v) is 3.63. The van der Waals surface area contributed by atoms with E-state index in [9.17, 15) is 9.59 Å². The van der Waals surface area contributed by atoms with E-state index in [4.69, 9.17) is 16.2 Å². The number of nitrogen functional groups attached to an aromatic ring is 1. The van der Waals surface area contributed by atoms with Crippen LogP contribution in [0.3, 0.4) is 0 Å². The van der Waals surface area contributed by atoms with Gasteiger partial charge in [-0.1, -0.05) is 0 Å². The minimum Gasteiger partial charge on any atom is -0.459 e. The molecule has 0 atom stereocenters. The van der Waals surface area contributed by atoms with E-state index < -0.39 is 17.5 Å². The number of carbonyl (C=O) groups is 2. The number of rotatable bonds is 5. The molecular weight excluding hydrogens is 364 g/mol. The highest BCUT2D eigenvalue weighted by Crippen LogP contribution is 2.35. The maximum Gasteiger partial charge on any atom is 0.322 e. The summed E-state index contributed by atoms with van der Waals surface area (Å²) in [6, 6.07) is 6.60. The Morgan fingerprint density at radius 3 is 2.54 bits per heavy atom. The van der Waals surface area contributed by atoms with Gasteiger partial charge in [0, 0.05) is 5.56 Å². The summed E-state index contributed by atoms with van der Waals surface area (Å²) in [5.74, 6) is -0.380. The lowest BCUT2D eigenvalue weighted by Gasteiger charge is -2.24. The average Bonchev–Trinajstić information content (AvgIpc) is 2.96. The molecule has 1 aromatic heterocycles. The van der Waals surface area contributed by atoms with Crippen molar-refractivity contribution in [3.63, 3.8) is 0 Å². The predicted molar refractivity (Wildman–Crippen MR) is 103 cm³/mol. The van der Waals surface area contributed by atoms with E-state index in [1.165, 1.54) is 11.3 Å². The van der Waals surface area contributed by atoms with Crippen LogP contribution >= 0.6 is 0 Å². The molecule has 1 aliphatic rings. The highest BCUT2D eigenvalue weighted by molar-refractivity contribution is 5.93. The van der Waals surface area contributed by atoms with Crippen LogP contribution in [0.25, 0.3) is 0 Å². The van der Waals surface area contributed by atoms with Gasteiger partial charge < -0.3 is 16.2 Å². The van der Waals surface area contributed by atoms with E-state index in [1.807, 2.05) is 0 Å². The number of hydrogen-bond acceptors (Lipinski definition) is 10. The van der Waals surface area contributed by atoms with Crippen molar-refractivity contribution in [2.24, 2.45) is 5.73 Å². The van der Waals surface area contributed by atoms with Gasteiger partial charge in [0.2, 0.25) is 11.9 Å². The molecule has 0 spiro atoms. The SMILES string of the molecule is CC(C)(C)OC(=O)CNN1NN(c2ccc(C(N)=O)cc2)c2nc(N)ncc21. The second-order valence-corrected chi connectivity index (χ2v) is 7.04. The number of nitrogens with zero attached hydrogens (tertiary/aromatic N) is 4. The van der Waals surface area contributed by atoms with Crippen molar-refractivity contribution in [3.8, 4) is 0 Å². The number of anilines is 4. The Morgan fingerprint density at radius 2 is 1.93 bits per heavy atom. The number of nitrogens with two attached hydrogens (primary N) is 2. The standard InChI is InChI=1S/C17H22N8O3/c1-17(2,3)28-13(26)9-21-25-12-8-20-16(19)22-15(12)24(23-25)11-6-4-10(5-7-11)14(18)27/h4-8,21,23H,9H2,1-3H3,(H2,18,27)(H2,19,20,22). The van der Waals surface area contributed by atoms with Gasteiger partial charge in [-0.25, -0.2) is 20.5 Å². The first-order valence-corrected chi connectivity index (χ1v) is 8.48. The van der Waals surface area contributed by atoms with Crippen molar-refractivity contribution in [2.75, 3.05) is 22.4 Å². The fraction of sp³-hybridized carbons (Fsp3) is 0.294. The summed E-state index contributed by atoms with van der Waals surface area (Å²) in [7, 11) is 0. The Balaban J connectivity index is 1.80. The van der Waals surface area contributed by atoms with Crippen molar-refractivity contribution < 1.29 is 14.3 Å². The van der Waals surface area contributed by atoms with Gasteiger partial charge >= 0.3 is 5.97 Å². The predicted octanol–water partition coefficient (Wildman–Crippen LogP) is 0.382. The molecule has 148 valence electrons. The molecule has 6 N–H and O–H groups in total. The lowest BCUT2D eigenvalue weighted by atomic mass is 10.2. The van der Waals surface area contributed by atoms with Gasteiger partial charge in [-0.2, -0.15) is 4.98 Å². The van der Waals surface area contributed by atoms with Crippen molar-refractivity contribution in [2.45, 2.75) is 26.4 Å². The summed E-state index contributed by atoms with van der Waals surface area (Å²) >= 11 is 0. The van der Waals surface area contributed by atoms with Crippen molar-refractivity contribution >= 4 is 35.0 Å². The summed E-state index contributed by atoms with van der Waals surface area (Å²) in [4.78, 5) is 31.5. The minimum atomic E-state index is -0.582. The number of fused-ring (bicyclic) bond motifs is 1. The largest absolute Gasteiger partial charge is 0.459 e. The molecule has 0 unspecified atom stereocenters. The number of benzene rings is 1. The molecule has 28 heavy (non-hydrogen) atoms. The number of primary amides is 1. The van der Waals surface area contributed by atoms with Gasteiger partial charge in [-0.05, 0) is 45.0 Å². The molecule has 0 saturated heterocycles. The Kier molecular flexibility index (Phi) is 5.03. The van der Waals surface area contributed by atoms with Gasteiger partial charge in [0.25, 0.3) is 0 Å². The van der Waals surface area contributed by atoms with E-state index in [0.29, 0.717) is 22.8 Å². The molecule has 0 fully saturated rings. The van der Waals surface area contributed by atoms with Gasteiger partial charge in [-0.15, -0.1) is 5.53 Å². The normalized spacial score (nSPS) is 13.4. The summed E-state index contributed by atoms with van der Waals surface area (Å²) in [5, 5.41) is 3.11. The minimum absolute atomic E-state index is 0.0808. The summed E-state index contributed by atoms with van der Waals surface area (Å²) in [5.41, 5.74) is 18.0. The highest BCUT2D eigenvalue weighted by Gasteiger charge is 2.30. The lowest BCUT2D eigenvalue weighted by Crippen LogP contribution is -2.52.